The van der Waals surface area contributed by atoms with Gasteiger partial charge in [0.15, 0.2) is 5.16 Å². The summed E-state index contributed by atoms with van der Waals surface area (Å²) in [6.45, 7) is 5.97. The molecule has 0 saturated heterocycles. The molecule has 1 atom stereocenters. The zero-order chi connectivity index (χ0) is 18.8. The van der Waals surface area contributed by atoms with Crippen LogP contribution in [0.15, 0.2) is 40.4 Å². The van der Waals surface area contributed by atoms with Crippen LogP contribution in [0, 0.1) is 13.8 Å². The molecule has 0 aromatic carbocycles. The van der Waals surface area contributed by atoms with Gasteiger partial charge in [-0.05, 0) is 32.9 Å². The zero-order valence-electron chi connectivity index (χ0n) is 15.2. The van der Waals surface area contributed by atoms with Gasteiger partial charge in [-0.25, -0.2) is 9.97 Å². The largest absolute Gasteiger partial charge is 0.339 e. The Labute approximate surface area is 155 Å². The monoisotopic (exact) mass is 371 g/mol. The molecule has 1 N–H and O–H groups in total. The average Bonchev–Trinajstić information content (AvgIpc) is 2.89. The molecular weight excluding hydrogens is 350 g/mol. The highest BCUT2D eigenvalue weighted by molar-refractivity contribution is 8.00. The van der Waals surface area contributed by atoms with E-state index in [1.54, 1.807) is 18.9 Å². The number of aryl methyl sites for hydroxylation is 2. The van der Waals surface area contributed by atoms with Crippen LogP contribution in [0.2, 0.25) is 0 Å². The average molecular weight is 371 g/mol. The predicted molar refractivity (Wildman–Crippen MR) is 101 cm³/mol. The second-order valence-corrected chi connectivity index (χ2v) is 7.55. The molecule has 0 spiro atoms. The first-order valence-electron chi connectivity index (χ1n) is 8.27. The summed E-state index contributed by atoms with van der Waals surface area (Å²) >= 11 is 1.25. The minimum absolute atomic E-state index is 0.0376. The summed E-state index contributed by atoms with van der Waals surface area (Å²) < 4.78 is 2.00. The molecule has 0 fully saturated rings. The maximum atomic E-state index is 12.7. The lowest BCUT2D eigenvalue weighted by Gasteiger charge is -2.21. The van der Waals surface area contributed by atoms with Gasteiger partial charge in [-0.15, -0.1) is 0 Å². The standard InChI is InChI=1S/C18H21N5O2S/c1-11-9-16(24)21-18(19-11)26-13(3)17(25)22(4)10-14-12(2)20-15-7-5-6-8-23(14)15/h5-9,13H,10H2,1-4H3,(H,19,21,24)/t13-/m1/s1. The summed E-state index contributed by atoms with van der Waals surface area (Å²) in [6.07, 6.45) is 1.95. The second-order valence-electron chi connectivity index (χ2n) is 6.22. The fourth-order valence-electron chi connectivity index (χ4n) is 2.79. The van der Waals surface area contributed by atoms with E-state index >= 15 is 0 Å². The maximum Gasteiger partial charge on any atom is 0.251 e. The van der Waals surface area contributed by atoms with Crippen molar-refractivity contribution < 1.29 is 4.79 Å². The highest BCUT2D eigenvalue weighted by Gasteiger charge is 2.21. The molecule has 3 rings (SSSR count). The molecule has 0 unspecified atom stereocenters. The summed E-state index contributed by atoms with van der Waals surface area (Å²) in [5.41, 5.74) is 3.17. The van der Waals surface area contributed by atoms with Crippen molar-refractivity contribution in [2.75, 3.05) is 7.05 Å². The normalized spacial score (nSPS) is 12.3. The van der Waals surface area contributed by atoms with Crippen molar-refractivity contribution >= 4 is 23.3 Å². The number of rotatable bonds is 5. The zero-order valence-corrected chi connectivity index (χ0v) is 16.0. The summed E-state index contributed by atoms with van der Waals surface area (Å²) in [7, 11) is 1.77. The Hall–Kier alpha value is -2.61. The smallest absolute Gasteiger partial charge is 0.251 e. The third kappa shape index (κ3) is 3.80. The topological polar surface area (TPSA) is 83.4 Å². The van der Waals surface area contributed by atoms with Crippen molar-refractivity contribution in [1.29, 1.82) is 0 Å². The molecule has 3 aromatic rings. The number of pyridine rings is 1. The molecular formula is C18H21N5O2S. The van der Waals surface area contributed by atoms with Crippen molar-refractivity contribution in [3.63, 3.8) is 0 Å². The number of H-pyrrole nitrogens is 1. The molecule has 3 heterocycles. The van der Waals surface area contributed by atoms with E-state index in [0.717, 1.165) is 17.0 Å². The van der Waals surface area contributed by atoms with Gasteiger partial charge in [-0.3, -0.25) is 9.59 Å². The van der Waals surface area contributed by atoms with Crippen LogP contribution < -0.4 is 5.56 Å². The first-order valence-corrected chi connectivity index (χ1v) is 9.15. The van der Waals surface area contributed by atoms with Crippen LogP contribution >= 0.6 is 11.8 Å². The van der Waals surface area contributed by atoms with Gasteiger partial charge >= 0.3 is 0 Å². The Kier molecular flexibility index (Phi) is 5.13. The van der Waals surface area contributed by atoms with E-state index in [4.69, 9.17) is 0 Å². The van der Waals surface area contributed by atoms with Crippen molar-refractivity contribution in [1.82, 2.24) is 24.3 Å². The number of hydrogen-bond donors (Lipinski definition) is 1. The summed E-state index contributed by atoms with van der Waals surface area (Å²) in [5.74, 6) is -0.0376. The molecule has 0 aliphatic rings. The Morgan fingerprint density at radius 3 is 2.85 bits per heavy atom. The molecule has 0 aliphatic heterocycles. The minimum Gasteiger partial charge on any atom is -0.339 e. The number of fused-ring (bicyclic) bond motifs is 1. The molecule has 1 amide bonds. The van der Waals surface area contributed by atoms with Crippen molar-refractivity contribution in [2.45, 2.75) is 37.7 Å². The number of nitrogens with one attached hydrogen (secondary N) is 1. The third-order valence-corrected chi connectivity index (χ3v) is 5.05. The number of aromatic nitrogens is 4. The number of nitrogens with zero attached hydrogens (tertiary/aromatic N) is 4. The molecule has 8 heteroatoms. The fraction of sp³-hybridized carbons (Fsp3) is 0.333. The minimum atomic E-state index is -0.371. The van der Waals surface area contributed by atoms with Crippen LogP contribution in [0.1, 0.15) is 24.0 Å². The van der Waals surface area contributed by atoms with Gasteiger partial charge in [0.1, 0.15) is 5.65 Å². The highest BCUT2D eigenvalue weighted by atomic mass is 32.2. The van der Waals surface area contributed by atoms with E-state index in [0.29, 0.717) is 17.4 Å². The lowest BCUT2D eigenvalue weighted by Crippen LogP contribution is -2.33. The van der Waals surface area contributed by atoms with Crippen molar-refractivity contribution in [3.8, 4) is 0 Å². The molecule has 0 saturated carbocycles. The second kappa shape index (κ2) is 7.33. The van der Waals surface area contributed by atoms with Crippen molar-refractivity contribution in [3.05, 3.63) is 57.9 Å². The Morgan fingerprint density at radius 1 is 1.35 bits per heavy atom. The van der Waals surface area contributed by atoms with E-state index in [1.165, 1.54) is 17.8 Å². The summed E-state index contributed by atoms with van der Waals surface area (Å²) in [4.78, 5) is 37.4. The number of amides is 1. The molecule has 7 nitrogen and oxygen atoms in total. The van der Waals surface area contributed by atoms with Crippen LogP contribution in [-0.2, 0) is 11.3 Å². The maximum absolute atomic E-state index is 12.7. The molecule has 0 aliphatic carbocycles. The van der Waals surface area contributed by atoms with E-state index in [9.17, 15) is 9.59 Å². The number of thioether (sulfide) groups is 1. The first-order chi connectivity index (χ1) is 12.3. The molecule has 0 radical (unpaired) electrons. The van der Waals surface area contributed by atoms with Gasteiger partial charge in [0.05, 0.1) is 23.2 Å². The van der Waals surface area contributed by atoms with Crippen molar-refractivity contribution in [2.24, 2.45) is 0 Å². The summed E-state index contributed by atoms with van der Waals surface area (Å²) in [5, 5.41) is 0.0830. The lowest BCUT2D eigenvalue weighted by molar-refractivity contribution is -0.129. The highest BCUT2D eigenvalue weighted by Crippen LogP contribution is 2.21. The SMILES string of the molecule is Cc1cc(=O)[nH]c(S[C@H](C)C(=O)N(C)Cc2c(C)nc3ccccn23)n1. The Bertz CT molecular complexity index is 1010. The molecule has 3 aromatic heterocycles. The van der Waals surface area contributed by atoms with E-state index in [1.807, 2.05) is 42.6 Å². The van der Waals surface area contributed by atoms with Gasteiger partial charge in [-0.1, -0.05) is 17.8 Å². The van der Waals surface area contributed by atoms with Crippen LogP contribution in [0.25, 0.3) is 5.65 Å². The van der Waals surface area contributed by atoms with E-state index in [2.05, 4.69) is 15.0 Å². The van der Waals surface area contributed by atoms with Gasteiger partial charge < -0.3 is 14.3 Å². The van der Waals surface area contributed by atoms with Crippen LogP contribution in [0.5, 0.6) is 0 Å². The molecule has 0 bridgehead atoms. The number of hydrogen-bond acceptors (Lipinski definition) is 5. The predicted octanol–water partition coefficient (Wildman–Crippen LogP) is 2.17. The van der Waals surface area contributed by atoms with Gasteiger partial charge in [0.2, 0.25) is 5.91 Å². The third-order valence-electron chi connectivity index (χ3n) is 4.08. The Balaban J connectivity index is 1.74. The fourth-order valence-corrected chi connectivity index (χ4v) is 3.76. The lowest BCUT2D eigenvalue weighted by atomic mass is 10.3. The van der Waals surface area contributed by atoms with Gasteiger partial charge in [0.25, 0.3) is 5.56 Å². The first kappa shape index (κ1) is 18.2. The van der Waals surface area contributed by atoms with E-state index < -0.39 is 0 Å². The summed E-state index contributed by atoms with van der Waals surface area (Å²) in [6, 6.07) is 7.25. The van der Waals surface area contributed by atoms with E-state index in [-0.39, 0.29) is 16.7 Å². The van der Waals surface area contributed by atoms with Gasteiger partial charge in [-0.2, -0.15) is 0 Å². The quantitative estimate of drug-likeness (QED) is 0.549. The van der Waals surface area contributed by atoms with Crippen LogP contribution in [0.3, 0.4) is 0 Å². The van der Waals surface area contributed by atoms with Gasteiger partial charge in [0, 0.05) is 25.0 Å². The molecule has 136 valence electrons. The van der Waals surface area contributed by atoms with Crippen LogP contribution in [-0.4, -0.2) is 42.5 Å². The number of carbonyl (C=O) groups is 1. The Morgan fingerprint density at radius 2 is 2.12 bits per heavy atom. The van der Waals surface area contributed by atoms with Crippen LogP contribution in [0.4, 0.5) is 0 Å². The number of imidazole rings is 1. The molecule has 26 heavy (non-hydrogen) atoms. The number of carbonyl (C=O) groups excluding carboxylic acids is 1. The number of aromatic amines is 1.